The van der Waals surface area contributed by atoms with E-state index in [9.17, 15) is 14.0 Å². The predicted molar refractivity (Wildman–Crippen MR) is 102 cm³/mol. The molecule has 0 aromatic heterocycles. The zero-order valence-electron chi connectivity index (χ0n) is 14.6. The Morgan fingerprint density at radius 2 is 2.00 bits per heavy atom. The van der Waals surface area contributed by atoms with Gasteiger partial charge in [-0.3, -0.25) is 9.59 Å². The van der Waals surface area contributed by atoms with Crippen molar-refractivity contribution in [3.05, 3.63) is 63.9 Å². The number of fused-ring (bicyclic) bond motifs is 1. The second-order valence-corrected chi connectivity index (χ2v) is 7.76. The number of benzene rings is 2. The van der Waals surface area contributed by atoms with Crippen LogP contribution >= 0.6 is 15.9 Å². The van der Waals surface area contributed by atoms with Gasteiger partial charge in [-0.25, -0.2) is 4.39 Å². The van der Waals surface area contributed by atoms with Crippen molar-refractivity contribution in [1.29, 1.82) is 0 Å². The molecule has 4 nitrogen and oxygen atoms in total. The number of carbonyl (C=O) groups excluding carboxylic acids is 2. The van der Waals surface area contributed by atoms with E-state index in [1.807, 2.05) is 32.0 Å². The van der Waals surface area contributed by atoms with Crippen LogP contribution in [-0.2, 0) is 11.3 Å². The first-order valence-corrected chi connectivity index (χ1v) is 9.31. The van der Waals surface area contributed by atoms with Crippen molar-refractivity contribution >= 4 is 33.4 Å². The molecular weight excluding hydrogens is 399 g/mol. The van der Waals surface area contributed by atoms with E-state index in [1.165, 1.54) is 12.1 Å². The fraction of sp³-hybridized carbons (Fsp3) is 0.300. The Labute approximate surface area is 160 Å². The molecule has 1 atom stereocenters. The van der Waals surface area contributed by atoms with E-state index in [4.69, 9.17) is 0 Å². The molecule has 0 radical (unpaired) electrons. The highest BCUT2D eigenvalue weighted by molar-refractivity contribution is 9.10. The van der Waals surface area contributed by atoms with Crippen LogP contribution in [0.1, 0.15) is 36.2 Å². The maximum absolute atomic E-state index is 14.1. The molecule has 6 heteroatoms. The van der Waals surface area contributed by atoms with Gasteiger partial charge in [-0.2, -0.15) is 0 Å². The number of rotatable bonds is 5. The molecule has 1 N–H and O–H groups in total. The lowest BCUT2D eigenvalue weighted by Crippen LogP contribution is -2.45. The Morgan fingerprint density at radius 1 is 1.27 bits per heavy atom. The first-order valence-electron chi connectivity index (χ1n) is 8.51. The van der Waals surface area contributed by atoms with E-state index in [-0.39, 0.29) is 23.4 Å². The standard InChI is InChI=1S/C20H20BrFN2O2/c1-12(2)9-18(19(25)23-17-8-7-14(21)10-16(17)22)24-11-13-5-3-4-6-15(13)20(24)26/h3-8,10,12,18H,9,11H2,1-2H3,(H,23,25)/t18-/m0/s1. The quantitative estimate of drug-likeness (QED) is 0.771. The summed E-state index contributed by atoms with van der Waals surface area (Å²) in [6.45, 7) is 4.38. The number of hydrogen-bond acceptors (Lipinski definition) is 2. The molecule has 1 aliphatic heterocycles. The first-order chi connectivity index (χ1) is 12.4. The van der Waals surface area contributed by atoms with Crippen molar-refractivity contribution in [3.8, 4) is 0 Å². The van der Waals surface area contributed by atoms with Gasteiger partial charge >= 0.3 is 0 Å². The molecular formula is C20H20BrFN2O2. The summed E-state index contributed by atoms with van der Waals surface area (Å²) in [6, 6.07) is 11.2. The summed E-state index contributed by atoms with van der Waals surface area (Å²) in [5.74, 6) is -0.845. The third-order valence-electron chi connectivity index (χ3n) is 4.41. The van der Waals surface area contributed by atoms with Gasteiger partial charge in [0.2, 0.25) is 5.91 Å². The second-order valence-electron chi connectivity index (χ2n) is 6.85. The van der Waals surface area contributed by atoms with E-state index >= 15 is 0 Å². The maximum Gasteiger partial charge on any atom is 0.255 e. The minimum Gasteiger partial charge on any atom is -0.322 e. The van der Waals surface area contributed by atoms with E-state index in [2.05, 4.69) is 21.2 Å². The van der Waals surface area contributed by atoms with E-state index in [0.29, 0.717) is 23.0 Å². The van der Waals surface area contributed by atoms with Crippen LogP contribution in [0.5, 0.6) is 0 Å². The van der Waals surface area contributed by atoms with Crippen molar-refractivity contribution in [2.75, 3.05) is 5.32 Å². The van der Waals surface area contributed by atoms with Gasteiger partial charge < -0.3 is 10.2 Å². The van der Waals surface area contributed by atoms with Crippen molar-refractivity contribution in [2.24, 2.45) is 5.92 Å². The van der Waals surface area contributed by atoms with Crippen molar-refractivity contribution in [3.63, 3.8) is 0 Å². The number of halogens is 2. The van der Waals surface area contributed by atoms with E-state index in [0.717, 1.165) is 5.56 Å². The van der Waals surface area contributed by atoms with Gasteiger partial charge in [-0.05, 0) is 42.2 Å². The van der Waals surface area contributed by atoms with Crippen LogP contribution in [0.25, 0.3) is 0 Å². The summed E-state index contributed by atoms with van der Waals surface area (Å²) in [4.78, 5) is 27.2. The number of carbonyl (C=O) groups is 2. The van der Waals surface area contributed by atoms with Crippen LogP contribution < -0.4 is 5.32 Å². The number of nitrogens with one attached hydrogen (secondary N) is 1. The van der Waals surface area contributed by atoms with Gasteiger partial charge in [0.15, 0.2) is 0 Å². The largest absolute Gasteiger partial charge is 0.322 e. The van der Waals surface area contributed by atoms with Crippen LogP contribution in [0.4, 0.5) is 10.1 Å². The fourth-order valence-electron chi connectivity index (χ4n) is 3.16. The molecule has 0 saturated heterocycles. The predicted octanol–water partition coefficient (Wildman–Crippen LogP) is 4.60. The Balaban J connectivity index is 1.84. The lowest BCUT2D eigenvalue weighted by atomic mass is 10.0. The molecule has 0 unspecified atom stereocenters. The van der Waals surface area contributed by atoms with E-state index in [1.54, 1.807) is 17.0 Å². The lowest BCUT2D eigenvalue weighted by Gasteiger charge is -2.28. The monoisotopic (exact) mass is 418 g/mol. The van der Waals surface area contributed by atoms with Gasteiger partial charge in [0.05, 0.1) is 5.69 Å². The molecule has 2 aromatic rings. The normalized spacial score (nSPS) is 14.5. The van der Waals surface area contributed by atoms with Gasteiger partial charge in [-0.15, -0.1) is 0 Å². The lowest BCUT2D eigenvalue weighted by molar-refractivity contribution is -0.121. The number of amides is 2. The molecule has 26 heavy (non-hydrogen) atoms. The molecule has 0 bridgehead atoms. The van der Waals surface area contributed by atoms with E-state index < -0.39 is 11.9 Å². The minimum atomic E-state index is -0.655. The van der Waals surface area contributed by atoms with Crippen molar-refractivity contribution in [2.45, 2.75) is 32.9 Å². The van der Waals surface area contributed by atoms with Crippen LogP contribution in [0, 0.1) is 11.7 Å². The molecule has 0 saturated carbocycles. The number of anilines is 1. The van der Waals surface area contributed by atoms with Gasteiger partial charge in [0, 0.05) is 16.6 Å². The molecule has 1 heterocycles. The fourth-order valence-corrected chi connectivity index (χ4v) is 3.49. The molecule has 3 rings (SSSR count). The Kier molecular flexibility index (Phi) is 5.41. The smallest absolute Gasteiger partial charge is 0.255 e. The van der Waals surface area contributed by atoms with Crippen molar-refractivity contribution in [1.82, 2.24) is 4.90 Å². The Bertz CT molecular complexity index is 853. The van der Waals surface area contributed by atoms with Gasteiger partial charge in [-0.1, -0.05) is 48.0 Å². The Hall–Kier alpha value is -2.21. The molecule has 0 fully saturated rings. The summed E-state index contributed by atoms with van der Waals surface area (Å²) in [7, 11) is 0. The zero-order valence-corrected chi connectivity index (χ0v) is 16.2. The summed E-state index contributed by atoms with van der Waals surface area (Å²) in [5, 5.41) is 2.64. The van der Waals surface area contributed by atoms with Crippen LogP contribution in [0.2, 0.25) is 0 Å². The average molecular weight is 419 g/mol. The molecule has 0 spiro atoms. The SMILES string of the molecule is CC(C)C[C@@H](C(=O)Nc1ccc(Br)cc1F)N1Cc2ccccc2C1=O. The van der Waals surface area contributed by atoms with Crippen LogP contribution in [0.15, 0.2) is 46.9 Å². The highest BCUT2D eigenvalue weighted by Gasteiger charge is 2.36. The third-order valence-corrected chi connectivity index (χ3v) is 4.91. The summed E-state index contributed by atoms with van der Waals surface area (Å²) in [5.41, 5.74) is 1.65. The topological polar surface area (TPSA) is 49.4 Å². The summed E-state index contributed by atoms with van der Waals surface area (Å²) < 4.78 is 14.7. The molecule has 0 aliphatic carbocycles. The highest BCUT2D eigenvalue weighted by Crippen LogP contribution is 2.28. The van der Waals surface area contributed by atoms with Crippen LogP contribution in [-0.4, -0.2) is 22.8 Å². The summed E-state index contributed by atoms with van der Waals surface area (Å²) in [6.07, 6.45) is 0.504. The number of nitrogens with zero attached hydrogens (tertiary/aromatic N) is 1. The average Bonchev–Trinajstić information content (AvgIpc) is 2.92. The molecule has 1 aliphatic rings. The van der Waals surface area contributed by atoms with Gasteiger partial charge in [0.25, 0.3) is 5.91 Å². The summed E-state index contributed by atoms with van der Waals surface area (Å²) >= 11 is 3.20. The first kappa shape index (κ1) is 18.6. The maximum atomic E-state index is 14.1. The zero-order chi connectivity index (χ0) is 18.8. The molecule has 2 aromatic carbocycles. The van der Waals surface area contributed by atoms with Crippen molar-refractivity contribution < 1.29 is 14.0 Å². The highest BCUT2D eigenvalue weighted by atomic mass is 79.9. The second kappa shape index (κ2) is 7.58. The third kappa shape index (κ3) is 3.80. The van der Waals surface area contributed by atoms with Crippen LogP contribution in [0.3, 0.4) is 0 Å². The molecule has 136 valence electrons. The minimum absolute atomic E-state index is 0.108. The Morgan fingerprint density at radius 3 is 2.65 bits per heavy atom. The molecule has 2 amide bonds. The van der Waals surface area contributed by atoms with Gasteiger partial charge in [0.1, 0.15) is 11.9 Å². The number of hydrogen-bond donors (Lipinski definition) is 1.